The molecule has 1 unspecified atom stereocenters. The first-order chi connectivity index (χ1) is 6.61. The maximum Gasteiger partial charge on any atom is 0.334 e. The SMILES string of the molecule is N[C@H](CC1CCCCC1)C(O)C(=O)O. The molecule has 14 heavy (non-hydrogen) atoms. The Morgan fingerprint density at radius 2 is 1.93 bits per heavy atom. The van der Waals surface area contributed by atoms with Crippen LogP contribution in [0.3, 0.4) is 0 Å². The second-order valence-electron chi connectivity index (χ2n) is 4.19. The Morgan fingerprint density at radius 1 is 1.36 bits per heavy atom. The summed E-state index contributed by atoms with van der Waals surface area (Å²) in [4.78, 5) is 10.5. The van der Waals surface area contributed by atoms with Gasteiger partial charge in [-0.25, -0.2) is 4.79 Å². The maximum atomic E-state index is 10.5. The average Bonchev–Trinajstić information content (AvgIpc) is 2.18. The van der Waals surface area contributed by atoms with Crippen LogP contribution in [-0.4, -0.2) is 28.3 Å². The van der Waals surface area contributed by atoms with Crippen molar-refractivity contribution in [3.05, 3.63) is 0 Å². The second-order valence-corrected chi connectivity index (χ2v) is 4.19. The lowest BCUT2D eigenvalue weighted by molar-refractivity contribution is -0.147. The van der Waals surface area contributed by atoms with Crippen LogP contribution in [0.4, 0.5) is 0 Å². The van der Waals surface area contributed by atoms with E-state index in [1.165, 1.54) is 19.3 Å². The molecule has 1 aliphatic carbocycles. The minimum atomic E-state index is -1.41. The van der Waals surface area contributed by atoms with Gasteiger partial charge in [0.25, 0.3) is 0 Å². The summed E-state index contributed by atoms with van der Waals surface area (Å²) in [5.41, 5.74) is 5.62. The van der Waals surface area contributed by atoms with Gasteiger partial charge in [-0.05, 0) is 12.3 Å². The minimum absolute atomic E-state index is 0.507. The van der Waals surface area contributed by atoms with Gasteiger partial charge in [-0.1, -0.05) is 32.1 Å². The van der Waals surface area contributed by atoms with Crippen LogP contribution in [0.2, 0.25) is 0 Å². The third-order valence-electron chi connectivity index (χ3n) is 2.99. The van der Waals surface area contributed by atoms with Crippen LogP contribution in [0.15, 0.2) is 0 Å². The topological polar surface area (TPSA) is 83.5 Å². The monoisotopic (exact) mass is 201 g/mol. The van der Waals surface area contributed by atoms with Crippen molar-refractivity contribution in [2.24, 2.45) is 11.7 Å². The summed E-state index contributed by atoms with van der Waals surface area (Å²) in [6, 6.07) is -0.615. The lowest BCUT2D eigenvalue weighted by atomic mass is 9.84. The van der Waals surface area contributed by atoms with E-state index in [1.54, 1.807) is 0 Å². The highest BCUT2D eigenvalue weighted by molar-refractivity contribution is 5.72. The molecule has 0 heterocycles. The molecular formula is C10H19NO3. The van der Waals surface area contributed by atoms with Gasteiger partial charge in [-0.2, -0.15) is 0 Å². The molecule has 1 rings (SSSR count). The van der Waals surface area contributed by atoms with Gasteiger partial charge in [0.05, 0.1) is 0 Å². The number of carboxylic acid groups (broad SMARTS) is 1. The standard InChI is InChI=1S/C10H19NO3/c11-8(9(12)10(13)14)6-7-4-2-1-3-5-7/h7-9,12H,1-6,11H2,(H,13,14)/t8-,9?/m1/s1. The van der Waals surface area contributed by atoms with E-state index in [4.69, 9.17) is 10.8 Å². The van der Waals surface area contributed by atoms with Crippen molar-refractivity contribution in [1.29, 1.82) is 0 Å². The molecule has 0 aliphatic heterocycles. The largest absolute Gasteiger partial charge is 0.479 e. The third kappa shape index (κ3) is 3.27. The summed E-state index contributed by atoms with van der Waals surface area (Å²) in [6.07, 6.45) is 5.17. The molecule has 0 spiro atoms. The number of hydrogen-bond donors (Lipinski definition) is 3. The highest BCUT2D eigenvalue weighted by atomic mass is 16.4. The number of hydrogen-bond acceptors (Lipinski definition) is 3. The third-order valence-corrected chi connectivity index (χ3v) is 2.99. The molecule has 4 N–H and O–H groups in total. The van der Waals surface area contributed by atoms with Gasteiger partial charge < -0.3 is 15.9 Å². The smallest absolute Gasteiger partial charge is 0.334 e. The normalized spacial score (nSPS) is 23.0. The Balaban J connectivity index is 2.31. The van der Waals surface area contributed by atoms with Crippen molar-refractivity contribution in [1.82, 2.24) is 0 Å². The Hall–Kier alpha value is -0.610. The molecule has 1 aliphatic rings. The first-order valence-corrected chi connectivity index (χ1v) is 5.27. The molecule has 0 aromatic heterocycles. The number of carbonyl (C=O) groups is 1. The van der Waals surface area contributed by atoms with Crippen molar-refractivity contribution < 1.29 is 15.0 Å². The lowest BCUT2D eigenvalue weighted by Crippen LogP contribution is -2.41. The van der Waals surface area contributed by atoms with Gasteiger partial charge in [-0.15, -0.1) is 0 Å². The van der Waals surface area contributed by atoms with E-state index in [9.17, 15) is 9.90 Å². The molecule has 0 saturated heterocycles. The highest BCUT2D eigenvalue weighted by Gasteiger charge is 2.25. The van der Waals surface area contributed by atoms with E-state index < -0.39 is 18.1 Å². The molecule has 0 aromatic rings. The summed E-state index contributed by atoms with van der Waals surface area (Å²) in [6.45, 7) is 0. The van der Waals surface area contributed by atoms with E-state index >= 15 is 0 Å². The number of rotatable bonds is 4. The van der Waals surface area contributed by atoms with Crippen LogP contribution in [-0.2, 0) is 4.79 Å². The van der Waals surface area contributed by atoms with Crippen molar-refractivity contribution >= 4 is 5.97 Å². The van der Waals surface area contributed by atoms with Crippen LogP contribution in [0, 0.1) is 5.92 Å². The van der Waals surface area contributed by atoms with E-state index in [1.807, 2.05) is 0 Å². The minimum Gasteiger partial charge on any atom is -0.479 e. The summed E-state index contributed by atoms with van der Waals surface area (Å²) in [5, 5.41) is 17.8. The summed E-state index contributed by atoms with van der Waals surface area (Å²) >= 11 is 0. The van der Waals surface area contributed by atoms with Crippen LogP contribution in [0.5, 0.6) is 0 Å². The second kappa shape index (κ2) is 5.32. The molecular weight excluding hydrogens is 182 g/mol. The fourth-order valence-corrected chi connectivity index (χ4v) is 2.12. The Labute approximate surface area is 84.1 Å². The summed E-state index contributed by atoms with van der Waals surface area (Å²) in [7, 11) is 0. The zero-order valence-electron chi connectivity index (χ0n) is 8.35. The average molecular weight is 201 g/mol. The van der Waals surface area contributed by atoms with Gasteiger partial charge in [-0.3, -0.25) is 0 Å². The van der Waals surface area contributed by atoms with Gasteiger partial charge in [0.15, 0.2) is 6.10 Å². The predicted molar refractivity (Wildman–Crippen MR) is 52.8 cm³/mol. The summed E-state index contributed by atoms with van der Waals surface area (Å²) in [5.74, 6) is -0.707. The van der Waals surface area contributed by atoms with Gasteiger partial charge >= 0.3 is 5.97 Å². The fraction of sp³-hybridized carbons (Fsp3) is 0.900. The van der Waals surface area contributed by atoms with E-state index in [-0.39, 0.29) is 0 Å². The van der Waals surface area contributed by atoms with E-state index in [0.717, 1.165) is 12.8 Å². The van der Waals surface area contributed by atoms with Crippen LogP contribution in [0.25, 0.3) is 0 Å². The fourth-order valence-electron chi connectivity index (χ4n) is 2.12. The van der Waals surface area contributed by atoms with Crippen molar-refractivity contribution in [3.63, 3.8) is 0 Å². The maximum absolute atomic E-state index is 10.5. The van der Waals surface area contributed by atoms with Crippen molar-refractivity contribution in [2.45, 2.75) is 50.7 Å². The highest BCUT2D eigenvalue weighted by Crippen LogP contribution is 2.27. The van der Waals surface area contributed by atoms with Crippen molar-refractivity contribution in [3.8, 4) is 0 Å². The van der Waals surface area contributed by atoms with Crippen LogP contribution >= 0.6 is 0 Å². The van der Waals surface area contributed by atoms with Gasteiger partial charge in [0.2, 0.25) is 0 Å². The Bertz CT molecular complexity index is 190. The molecule has 0 bridgehead atoms. The number of aliphatic carboxylic acids is 1. The first kappa shape index (κ1) is 11.5. The van der Waals surface area contributed by atoms with Crippen molar-refractivity contribution in [2.75, 3.05) is 0 Å². The first-order valence-electron chi connectivity index (χ1n) is 5.27. The zero-order valence-corrected chi connectivity index (χ0v) is 8.35. The molecule has 2 atom stereocenters. The molecule has 1 saturated carbocycles. The molecule has 0 radical (unpaired) electrons. The summed E-state index contributed by atoms with van der Waals surface area (Å²) < 4.78 is 0. The van der Waals surface area contributed by atoms with Crippen LogP contribution < -0.4 is 5.73 Å². The molecule has 0 aromatic carbocycles. The number of carboxylic acids is 1. The number of aliphatic hydroxyl groups excluding tert-OH is 1. The Kier molecular flexibility index (Phi) is 4.35. The molecule has 1 fully saturated rings. The lowest BCUT2D eigenvalue weighted by Gasteiger charge is -2.25. The van der Waals surface area contributed by atoms with Gasteiger partial charge in [0, 0.05) is 6.04 Å². The van der Waals surface area contributed by atoms with Gasteiger partial charge in [0.1, 0.15) is 0 Å². The quantitative estimate of drug-likeness (QED) is 0.626. The van der Waals surface area contributed by atoms with E-state index in [0.29, 0.717) is 12.3 Å². The molecule has 0 amide bonds. The molecule has 4 heteroatoms. The zero-order chi connectivity index (χ0) is 10.6. The molecule has 4 nitrogen and oxygen atoms in total. The number of aliphatic hydroxyl groups is 1. The Morgan fingerprint density at radius 3 is 2.43 bits per heavy atom. The number of nitrogens with two attached hydrogens (primary N) is 1. The molecule has 82 valence electrons. The van der Waals surface area contributed by atoms with E-state index in [2.05, 4.69) is 0 Å². The predicted octanol–water partition coefficient (Wildman–Crippen LogP) is 0.730. The van der Waals surface area contributed by atoms with Crippen LogP contribution in [0.1, 0.15) is 38.5 Å².